The molecule has 3 rings (SSSR count). The van der Waals surface area contributed by atoms with Gasteiger partial charge in [0.25, 0.3) is 0 Å². The normalized spacial score (nSPS) is 14.0. The maximum atomic E-state index is 10.2. The van der Waals surface area contributed by atoms with Gasteiger partial charge < -0.3 is 25.4 Å². The quantitative estimate of drug-likeness (QED) is 0.375. The first-order valence-electron chi connectivity index (χ1n) is 10.2. The topological polar surface area (TPSA) is 84.9 Å². The zero-order valence-corrected chi connectivity index (χ0v) is 18.3. The first kappa shape index (κ1) is 23.1. The first-order chi connectivity index (χ1) is 14.9. The van der Waals surface area contributed by atoms with Crippen LogP contribution in [0.3, 0.4) is 0 Å². The van der Waals surface area contributed by atoms with Gasteiger partial charge in [0.05, 0.1) is 0 Å². The minimum absolute atomic E-state index is 0.0854. The first-order valence-corrected chi connectivity index (χ1v) is 10.6. The van der Waals surface area contributed by atoms with Crippen LogP contribution in [0.1, 0.15) is 36.8 Å². The van der Waals surface area contributed by atoms with Gasteiger partial charge in [0.1, 0.15) is 29.6 Å². The number of halogens is 1. The van der Waals surface area contributed by atoms with E-state index in [2.05, 4.69) is 0 Å². The molecule has 0 spiro atoms. The van der Waals surface area contributed by atoms with Crippen molar-refractivity contribution in [3.05, 3.63) is 88.9 Å². The number of ether oxygens (including phenoxy) is 2. The third-order valence-corrected chi connectivity index (χ3v) is 5.32. The summed E-state index contributed by atoms with van der Waals surface area (Å²) in [5.41, 5.74) is 6.35. The summed E-state index contributed by atoms with van der Waals surface area (Å²) in [5.74, 6) is 1.86. The highest BCUT2D eigenvalue weighted by Crippen LogP contribution is 2.34. The smallest absolute Gasteiger partial charge is 0.131 e. The van der Waals surface area contributed by atoms with Crippen molar-refractivity contribution >= 4 is 11.6 Å². The predicted molar refractivity (Wildman–Crippen MR) is 123 cm³/mol. The zero-order chi connectivity index (χ0) is 22.3. The molecule has 0 saturated heterocycles. The molecule has 2 unspecified atom stereocenters. The standard InChI is InChI=1S/C25H28ClNO4/c1-18(16-25(27,29)12-13-28)23-11-10-22(15-24(23)26)31-21-9-5-8-20(14-21)30-17-19-6-3-2-4-7-19/h2-11,14-15,18,28-29H,12-13,16-17,27H2,1H3. The van der Waals surface area contributed by atoms with Crippen molar-refractivity contribution in [1.29, 1.82) is 0 Å². The molecule has 0 aliphatic rings. The summed E-state index contributed by atoms with van der Waals surface area (Å²) in [6.07, 6.45) is 0.396. The molecule has 164 valence electrons. The average Bonchev–Trinajstić information content (AvgIpc) is 2.73. The molecule has 31 heavy (non-hydrogen) atoms. The van der Waals surface area contributed by atoms with Gasteiger partial charge in [-0.3, -0.25) is 0 Å². The molecule has 0 fully saturated rings. The van der Waals surface area contributed by atoms with Crippen LogP contribution in [0.25, 0.3) is 0 Å². The molecule has 0 aromatic heterocycles. The fourth-order valence-corrected chi connectivity index (χ4v) is 3.77. The third-order valence-electron chi connectivity index (χ3n) is 5.00. The van der Waals surface area contributed by atoms with Gasteiger partial charge in [-0.05, 0) is 47.7 Å². The Morgan fingerprint density at radius 3 is 2.39 bits per heavy atom. The van der Waals surface area contributed by atoms with E-state index in [1.165, 1.54) is 0 Å². The summed E-state index contributed by atoms with van der Waals surface area (Å²) in [4.78, 5) is 0. The van der Waals surface area contributed by atoms with Crippen LogP contribution in [0.15, 0.2) is 72.8 Å². The number of hydrogen-bond acceptors (Lipinski definition) is 5. The maximum absolute atomic E-state index is 10.2. The molecule has 0 bridgehead atoms. The Bertz CT molecular complexity index is 978. The number of benzene rings is 3. The van der Waals surface area contributed by atoms with Crippen molar-refractivity contribution in [2.24, 2.45) is 5.73 Å². The number of nitrogens with two attached hydrogens (primary N) is 1. The van der Waals surface area contributed by atoms with Gasteiger partial charge in [-0.1, -0.05) is 61.0 Å². The molecule has 0 radical (unpaired) electrons. The van der Waals surface area contributed by atoms with E-state index < -0.39 is 5.72 Å². The van der Waals surface area contributed by atoms with Gasteiger partial charge >= 0.3 is 0 Å². The minimum atomic E-state index is -1.44. The van der Waals surface area contributed by atoms with Gasteiger partial charge in [0, 0.05) is 24.1 Å². The van der Waals surface area contributed by atoms with E-state index in [0.717, 1.165) is 11.1 Å². The van der Waals surface area contributed by atoms with Crippen LogP contribution < -0.4 is 15.2 Å². The van der Waals surface area contributed by atoms with E-state index in [-0.39, 0.29) is 25.4 Å². The number of rotatable bonds is 10. The molecule has 0 aliphatic carbocycles. The van der Waals surface area contributed by atoms with E-state index in [9.17, 15) is 5.11 Å². The van der Waals surface area contributed by atoms with Crippen molar-refractivity contribution in [3.8, 4) is 17.2 Å². The lowest BCUT2D eigenvalue weighted by atomic mass is 9.91. The van der Waals surface area contributed by atoms with Crippen molar-refractivity contribution in [1.82, 2.24) is 0 Å². The molecule has 4 N–H and O–H groups in total. The number of aliphatic hydroxyl groups is 2. The highest BCUT2D eigenvalue weighted by molar-refractivity contribution is 6.31. The lowest BCUT2D eigenvalue weighted by molar-refractivity contribution is 0.00883. The Labute approximate surface area is 188 Å². The van der Waals surface area contributed by atoms with Gasteiger partial charge in [-0.15, -0.1) is 0 Å². The SMILES string of the molecule is CC(CC(N)(O)CCO)c1ccc(Oc2cccc(OCc3ccccc3)c2)cc1Cl. The Kier molecular flexibility index (Phi) is 7.93. The Balaban J connectivity index is 1.64. The van der Waals surface area contributed by atoms with E-state index in [0.29, 0.717) is 28.9 Å². The monoisotopic (exact) mass is 441 g/mol. The summed E-state index contributed by atoms with van der Waals surface area (Å²) in [7, 11) is 0. The molecule has 0 aliphatic heterocycles. The molecule has 6 heteroatoms. The van der Waals surface area contributed by atoms with E-state index in [4.69, 9.17) is 31.9 Å². The fraction of sp³-hybridized carbons (Fsp3) is 0.280. The van der Waals surface area contributed by atoms with Crippen molar-refractivity contribution in [2.75, 3.05) is 6.61 Å². The van der Waals surface area contributed by atoms with Crippen LogP contribution in [0.5, 0.6) is 17.2 Å². The molecule has 5 nitrogen and oxygen atoms in total. The lowest BCUT2D eigenvalue weighted by Gasteiger charge is -2.26. The molecule has 0 heterocycles. The highest BCUT2D eigenvalue weighted by atomic mass is 35.5. The molecule has 2 atom stereocenters. The second-order valence-corrected chi connectivity index (χ2v) is 8.12. The zero-order valence-electron chi connectivity index (χ0n) is 17.5. The summed E-state index contributed by atoms with van der Waals surface area (Å²) in [6.45, 7) is 2.24. The molecule has 3 aromatic rings. The van der Waals surface area contributed by atoms with Crippen LogP contribution >= 0.6 is 11.6 Å². The van der Waals surface area contributed by atoms with Crippen molar-refractivity contribution < 1.29 is 19.7 Å². The van der Waals surface area contributed by atoms with Crippen molar-refractivity contribution in [2.45, 2.75) is 38.0 Å². The van der Waals surface area contributed by atoms with Crippen LogP contribution in [0.4, 0.5) is 0 Å². The van der Waals surface area contributed by atoms with E-state index in [1.807, 2.05) is 73.7 Å². The second kappa shape index (κ2) is 10.6. The van der Waals surface area contributed by atoms with Crippen LogP contribution in [-0.2, 0) is 6.61 Å². The highest BCUT2D eigenvalue weighted by Gasteiger charge is 2.25. The van der Waals surface area contributed by atoms with Gasteiger partial charge in [0.2, 0.25) is 0 Å². The molecular formula is C25H28ClNO4. The summed E-state index contributed by atoms with van der Waals surface area (Å²) in [5, 5.41) is 19.7. The van der Waals surface area contributed by atoms with Gasteiger partial charge in [-0.25, -0.2) is 0 Å². The third kappa shape index (κ3) is 6.97. The fourth-order valence-electron chi connectivity index (χ4n) is 3.41. The minimum Gasteiger partial charge on any atom is -0.489 e. The molecule has 0 saturated carbocycles. The van der Waals surface area contributed by atoms with E-state index >= 15 is 0 Å². The summed E-state index contributed by atoms with van der Waals surface area (Å²) in [6, 6.07) is 22.8. The van der Waals surface area contributed by atoms with Crippen LogP contribution in [0, 0.1) is 0 Å². The second-order valence-electron chi connectivity index (χ2n) is 7.72. The average molecular weight is 442 g/mol. The maximum Gasteiger partial charge on any atom is 0.131 e. The largest absolute Gasteiger partial charge is 0.489 e. The predicted octanol–water partition coefficient (Wildman–Crippen LogP) is 5.23. The van der Waals surface area contributed by atoms with Crippen molar-refractivity contribution in [3.63, 3.8) is 0 Å². The van der Waals surface area contributed by atoms with Crippen LogP contribution in [0.2, 0.25) is 5.02 Å². The lowest BCUT2D eigenvalue weighted by Crippen LogP contribution is -2.41. The Morgan fingerprint density at radius 1 is 0.968 bits per heavy atom. The van der Waals surface area contributed by atoms with Gasteiger partial charge in [0.15, 0.2) is 0 Å². The summed E-state index contributed by atoms with van der Waals surface area (Å²) >= 11 is 6.47. The molecule has 0 amide bonds. The van der Waals surface area contributed by atoms with Gasteiger partial charge in [-0.2, -0.15) is 0 Å². The van der Waals surface area contributed by atoms with E-state index in [1.54, 1.807) is 6.07 Å². The molecule has 3 aromatic carbocycles. The Hall–Kier alpha value is -2.57. The number of aliphatic hydroxyl groups excluding tert-OH is 1. The van der Waals surface area contributed by atoms with Crippen LogP contribution in [-0.4, -0.2) is 22.5 Å². The summed E-state index contributed by atoms with van der Waals surface area (Å²) < 4.78 is 11.8. The Morgan fingerprint density at radius 2 is 1.68 bits per heavy atom. The number of hydrogen-bond donors (Lipinski definition) is 3. The molecular weight excluding hydrogens is 414 g/mol.